The lowest BCUT2D eigenvalue weighted by Gasteiger charge is -2.21. The Labute approximate surface area is 619 Å². The van der Waals surface area contributed by atoms with Crippen LogP contribution in [0.1, 0.15) is 323 Å². The molecule has 0 aromatic rings. The van der Waals surface area contributed by atoms with E-state index in [1.165, 1.54) is 70.6 Å². The molecule has 0 saturated heterocycles. The van der Waals surface area contributed by atoms with Gasteiger partial charge in [-0.15, -0.1) is 0 Å². The van der Waals surface area contributed by atoms with Gasteiger partial charge in [0.15, 0.2) is 12.2 Å². The van der Waals surface area contributed by atoms with Crippen LogP contribution in [0.15, 0.2) is 122 Å². The highest BCUT2D eigenvalue weighted by Crippen LogP contribution is 2.45. The second kappa shape index (κ2) is 74.7. The van der Waals surface area contributed by atoms with Crippen molar-refractivity contribution in [2.24, 2.45) is 0 Å². The quantitative estimate of drug-likeness (QED) is 0.0169. The molecule has 0 aromatic heterocycles. The molecule has 3 N–H and O–H groups in total. The van der Waals surface area contributed by atoms with Gasteiger partial charge in [-0.3, -0.25) is 37.3 Å². The number of ether oxygens (including phenoxy) is 4. The molecule has 19 heteroatoms. The summed E-state index contributed by atoms with van der Waals surface area (Å²) in [5.41, 5.74) is 0. The Kier molecular flexibility index (Phi) is 71.4. The molecule has 17 nitrogen and oxygen atoms in total. The second-order valence-corrected chi connectivity index (χ2v) is 29.2. The predicted molar refractivity (Wildman–Crippen MR) is 418 cm³/mol. The lowest BCUT2D eigenvalue weighted by Crippen LogP contribution is -2.30. The Balaban J connectivity index is 5.39. The predicted octanol–water partition coefficient (Wildman–Crippen LogP) is 23.1. The van der Waals surface area contributed by atoms with E-state index in [1.54, 1.807) is 0 Å². The number of phosphoric ester groups is 2. The fourth-order valence-electron chi connectivity index (χ4n) is 10.4. The normalized spacial score (nSPS) is 14.5. The Bertz CT molecular complexity index is 2410. The lowest BCUT2D eigenvalue weighted by atomic mass is 10.0. The summed E-state index contributed by atoms with van der Waals surface area (Å²) in [6.07, 6.45) is 81.8. The van der Waals surface area contributed by atoms with Crippen molar-refractivity contribution < 1.29 is 80.2 Å². The largest absolute Gasteiger partial charge is 0.472 e. The molecule has 0 spiro atoms. The molecule has 0 aromatic carbocycles. The lowest BCUT2D eigenvalue weighted by molar-refractivity contribution is -0.161. The van der Waals surface area contributed by atoms with E-state index in [4.69, 9.17) is 37.0 Å². The van der Waals surface area contributed by atoms with E-state index in [0.717, 1.165) is 173 Å². The number of phosphoric acid groups is 2. The minimum Gasteiger partial charge on any atom is -0.462 e. The maximum atomic E-state index is 13.1. The third-order valence-corrected chi connectivity index (χ3v) is 18.3. The number of carbonyl (C=O) groups excluding carboxylic acids is 4. The molecule has 0 radical (unpaired) electrons. The molecular formula is C83H142O17P2. The summed E-state index contributed by atoms with van der Waals surface area (Å²) < 4.78 is 68.5. The highest BCUT2D eigenvalue weighted by Gasteiger charge is 2.30. The summed E-state index contributed by atoms with van der Waals surface area (Å²) >= 11 is 0. The highest BCUT2D eigenvalue weighted by molar-refractivity contribution is 7.47. The Morgan fingerprint density at radius 2 is 0.510 bits per heavy atom. The van der Waals surface area contributed by atoms with Crippen LogP contribution in [-0.2, 0) is 65.4 Å². The summed E-state index contributed by atoms with van der Waals surface area (Å²) in [5.74, 6) is -2.25. The number of rotatable bonds is 74. The van der Waals surface area contributed by atoms with Crippen molar-refractivity contribution in [3.8, 4) is 0 Å². The first-order valence-corrected chi connectivity index (χ1v) is 42.8. The smallest absolute Gasteiger partial charge is 0.462 e. The van der Waals surface area contributed by atoms with Crippen LogP contribution in [0.2, 0.25) is 0 Å². The van der Waals surface area contributed by atoms with Crippen LogP contribution >= 0.6 is 15.6 Å². The van der Waals surface area contributed by atoms with Gasteiger partial charge in [-0.2, -0.15) is 0 Å². The van der Waals surface area contributed by atoms with E-state index in [-0.39, 0.29) is 25.7 Å². The fraction of sp³-hybridized carbons (Fsp3) is 0.711. The van der Waals surface area contributed by atoms with Crippen LogP contribution in [0.5, 0.6) is 0 Å². The van der Waals surface area contributed by atoms with Crippen LogP contribution in [0, 0.1) is 0 Å². The number of hydrogen-bond donors (Lipinski definition) is 3. The molecule has 0 aliphatic carbocycles. The van der Waals surface area contributed by atoms with Crippen LogP contribution in [-0.4, -0.2) is 96.7 Å². The first-order chi connectivity index (χ1) is 49.7. The molecule has 0 saturated carbocycles. The second-order valence-electron chi connectivity index (χ2n) is 26.2. The van der Waals surface area contributed by atoms with Gasteiger partial charge in [0.1, 0.15) is 19.3 Å². The van der Waals surface area contributed by atoms with Crippen molar-refractivity contribution >= 4 is 39.5 Å². The van der Waals surface area contributed by atoms with Gasteiger partial charge in [-0.05, 0) is 135 Å². The van der Waals surface area contributed by atoms with Gasteiger partial charge in [0.2, 0.25) is 0 Å². The maximum absolute atomic E-state index is 13.1. The average molecular weight is 1470 g/mol. The third kappa shape index (κ3) is 73.8. The van der Waals surface area contributed by atoms with Crippen molar-refractivity contribution in [2.75, 3.05) is 39.6 Å². The van der Waals surface area contributed by atoms with Crippen molar-refractivity contribution in [3.05, 3.63) is 122 Å². The van der Waals surface area contributed by atoms with Gasteiger partial charge in [-0.1, -0.05) is 284 Å². The number of hydrogen-bond acceptors (Lipinski definition) is 15. The summed E-state index contributed by atoms with van der Waals surface area (Å²) in [5, 5.41) is 10.6. The summed E-state index contributed by atoms with van der Waals surface area (Å²) in [7, 11) is -9.97. The fourth-order valence-corrected chi connectivity index (χ4v) is 12.0. The molecule has 102 heavy (non-hydrogen) atoms. The number of esters is 4. The number of unbranched alkanes of at least 4 members (excludes halogenated alkanes) is 28. The topological polar surface area (TPSA) is 237 Å². The minimum absolute atomic E-state index is 0.0699. The van der Waals surface area contributed by atoms with Gasteiger partial charge in [0, 0.05) is 25.7 Å². The minimum atomic E-state index is -4.99. The molecule has 0 amide bonds. The third-order valence-electron chi connectivity index (χ3n) is 16.4. The van der Waals surface area contributed by atoms with E-state index in [9.17, 15) is 43.2 Å². The number of aliphatic hydroxyl groups is 1. The van der Waals surface area contributed by atoms with E-state index in [1.807, 2.05) is 0 Å². The van der Waals surface area contributed by atoms with Crippen LogP contribution in [0.4, 0.5) is 0 Å². The van der Waals surface area contributed by atoms with Crippen molar-refractivity contribution in [2.45, 2.75) is 341 Å². The van der Waals surface area contributed by atoms with Crippen molar-refractivity contribution in [3.63, 3.8) is 0 Å². The van der Waals surface area contributed by atoms with Crippen LogP contribution in [0.3, 0.4) is 0 Å². The average Bonchev–Trinajstić information content (AvgIpc) is 0.909. The van der Waals surface area contributed by atoms with Crippen LogP contribution in [0.25, 0.3) is 0 Å². The van der Waals surface area contributed by atoms with Gasteiger partial charge in [-0.25, -0.2) is 9.13 Å². The summed E-state index contributed by atoms with van der Waals surface area (Å²) in [6, 6.07) is 0. The Hall–Kier alpha value is -4.54. The van der Waals surface area contributed by atoms with Crippen LogP contribution < -0.4 is 0 Å². The van der Waals surface area contributed by atoms with Crippen molar-refractivity contribution in [1.82, 2.24) is 0 Å². The number of aliphatic hydroxyl groups excluding tert-OH is 1. The summed E-state index contributed by atoms with van der Waals surface area (Å²) in [4.78, 5) is 73.0. The molecule has 586 valence electrons. The molecule has 0 aliphatic heterocycles. The SMILES string of the molecule is CC/C=C\C/C=C\C/C=C\C/C=C\CCCCC(=O)OCC(COP(=O)(O)OCC(O)COP(=O)(O)OCC(COC(=O)CCCCCCCC/C=C\C/C=C\C/C=C\CCCCC)OC(=O)CCCCCCC/C=C\C/C=C\C/C=C\CC)OC(=O)CCCCCCCCCCCCCCC. The first kappa shape index (κ1) is 97.5. The zero-order valence-electron chi connectivity index (χ0n) is 64.0. The zero-order chi connectivity index (χ0) is 74.6. The highest BCUT2D eigenvalue weighted by atomic mass is 31.2. The zero-order valence-corrected chi connectivity index (χ0v) is 65.8. The summed E-state index contributed by atoms with van der Waals surface area (Å²) in [6.45, 7) is 4.56. The van der Waals surface area contributed by atoms with E-state index in [0.29, 0.717) is 25.7 Å². The molecule has 0 heterocycles. The van der Waals surface area contributed by atoms with Gasteiger partial charge in [0.25, 0.3) is 0 Å². The molecule has 5 atom stereocenters. The molecule has 0 aliphatic rings. The Morgan fingerprint density at radius 1 is 0.284 bits per heavy atom. The standard InChI is InChI=1S/C83H142O17P2/c1-5-9-13-17-21-25-29-33-36-37-38-39-42-45-48-52-56-60-64-68-81(86)94-74-79(100-83(88)70-66-62-58-54-50-46-41-35-31-27-23-19-15-11-7-3)76-98-102(91,92)96-72-77(84)71-95-101(89,90)97-75-78(99-82(87)69-65-61-57-53-49-43-32-28-24-20-16-12-8-4)73-93-80(85)67-63-59-55-51-47-44-40-34-30-26-22-18-14-10-6-2/h10-11,14-15,21-23,25-27,33-36,38-41,47,51,77-79,84H,5-9,12-13,16-20,24,28-32,37,42-46,48-50,52-76H2,1-4H3,(H,89,90)(H,91,92)/b14-10-,15-11-,25-21-,26-22-,27-23-,36-33-,39-38-,40-34-,41-35-,51-47-. The van der Waals surface area contributed by atoms with Gasteiger partial charge >= 0.3 is 39.5 Å². The van der Waals surface area contributed by atoms with E-state index < -0.39 is 97.5 Å². The van der Waals surface area contributed by atoms with Crippen molar-refractivity contribution in [1.29, 1.82) is 0 Å². The molecule has 0 bridgehead atoms. The molecule has 0 fully saturated rings. The molecule has 5 unspecified atom stereocenters. The monoisotopic (exact) mass is 1470 g/mol. The van der Waals surface area contributed by atoms with Gasteiger partial charge < -0.3 is 33.8 Å². The van der Waals surface area contributed by atoms with E-state index in [2.05, 4.69) is 149 Å². The first-order valence-electron chi connectivity index (χ1n) is 39.8. The Morgan fingerprint density at radius 3 is 0.824 bits per heavy atom. The maximum Gasteiger partial charge on any atom is 0.472 e. The van der Waals surface area contributed by atoms with Gasteiger partial charge in [0.05, 0.1) is 26.4 Å². The number of allylic oxidation sites excluding steroid dienone is 20. The van der Waals surface area contributed by atoms with E-state index >= 15 is 0 Å². The number of carbonyl (C=O) groups is 4. The molecular weight excluding hydrogens is 1330 g/mol. The molecule has 0 rings (SSSR count).